The van der Waals surface area contributed by atoms with Crippen LogP contribution in [0.25, 0.3) is 0 Å². The Hall–Kier alpha value is -2.29. The molecule has 0 atom stereocenters. The highest BCUT2D eigenvalue weighted by Gasteiger charge is 2.14. The average Bonchev–Trinajstić information content (AvgIpc) is 2.50. The topological polar surface area (TPSA) is 128 Å². The number of carbonyl (C=O) groups is 1. The molecule has 2 rings (SSSR count). The van der Waals surface area contributed by atoms with E-state index in [4.69, 9.17) is 34.7 Å². The number of nitrogens with two attached hydrogens (primary N) is 2. The molecule has 2 aromatic rings. The van der Waals surface area contributed by atoms with Gasteiger partial charge in [-0.15, -0.1) is 4.40 Å². The van der Waals surface area contributed by atoms with E-state index in [0.717, 1.165) is 0 Å². The molecule has 7 nitrogen and oxygen atoms in total. The van der Waals surface area contributed by atoms with Gasteiger partial charge < -0.3 is 16.8 Å². The van der Waals surface area contributed by atoms with Gasteiger partial charge in [0.05, 0.1) is 27.0 Å². The fourth-order valence-electron chi connectivity index (χ4n) is 1.96. The van der Waals surface area contributed by atoms with E-state index in [-0.39, 0.29) is 17.2 Å². The van der Waals surface area contributed by atoms with Crippen LogP contribution in [0.5, 0.6) is 0 Å². The summed E-state index contributed by atoms with van der Waals surface area (Å²) >= 11 is 12.0. The quantitative estimate of drug-likeness (QED) is 0.523. The van der Waals surface area contributed by atoms with E-state index in [0.29, 0.717) is 21.3 Å². The Labute approximate surface area is 154 Å². The van der Waals surface area contributed by atoms with Gasteiger partial charge in [0, 0.05) is 0 Å². The molecule has 0 radical (unpaired) electrons. The molecular formula is C15H14Cl2N4O3S. The van der Waals surface area contributed by atoms with Crippen molar-refractivity contribution in [3.05, 3.63) is 58.1 Å². The second kappa shape index (κ2) is 7.73. The Balaban J connectivity index is 2.11. The summed E-state index contributed by atoms with van der Waals surface area (Å²) in [7, 11) is -3.96. The standard InChI is InChI=1S/C15H14Cl2N4O3S/c16-11-2-1-3-12(17)14(11)20-13(22)8-9-4-6-10(7-5-9)25(23,24)21-15(18)19/h1-7H,8H2,(H,20,22)(H4,18,19,21). The number of nitrogens with zero attached hydrogens (tertiary/aromatic N) is 1. The van der Waals surface area contributed by atoms with Crippen LogP contribution in [0.15, 0.2) is 51.8 Å². The second-order valence-electron chi connectivity index (χ2n) is 4.96. The number of amides is 1. The van der Waals surface area contributed by atoms with Crippen LogP contribution in [0, 0.1) is 0 Å². The maximum Gasteiger partial charge on any atom is 0.285 e. The number of anilines is 1. The highest BCUT2D eigenvalue weighted by molar-refractivity contribution is 7.90. The van der Waals surface area contributed by atoms with Crippen molar-refractivity contribution in [2.24, 2.45) is 15.9 Å². The van der Waals surface area contributed by atoms with Crippen LogP contribution in [0.4, 0.5) is 5.69 Å². The van der Waals surface area contributed by atoms with Crippen LogP contribution < -0.4 is 16.8 Å². The first-order chi connectivity index (χ1) is 11.7. The van der Waals surface area contributed by atoms with E-state index in [9.17, 15) is 13.2 Å². The van der Waals surface area contributed by atoms with E-state index in [2.05, 4.69) is 9.71 Å². The SMILES string of the molecule is NC(N)=NS(=O)(=O)c1ccc(CC(=O)Nc2c(Cl)cccc2Cl)cc1. The first kappa shape index (κ1) is 19.0. The molecule has 1 amide bonds. The summed E-state index contributed by atoms with van der Waals surface area (Å²) in [6.07, 6.45) is 0.00414. The van der Waals surface area contributed by atoms with Gasteiger partial charge in [0.25, 0.3) is 10.0 Å². The summed E-state index contributed by atoms with van der Waals surface area (Å²) in [5.74, 6) is -0.907. The smallest absolute Gasteiger partial charge is 0.285 e. The van der Waals surface area contributed by atoms with Crippen molar-refractivity contribution in [2.75, 3.05) is 5.32 Å². The van der Waals surface area contributed by atoms with Gasteiger partial charge in [-0.3, -0.25) is 4.79 Å². The molecule has 0 saturated heterocycles. The summed E-state index contributed by atoms with van der Waals surface area (Å²) in [6, 6.07) is 10.5. The molecule has 0 aromatic heterocycles. The van der Waals surface area contributed by atoms with Gasteiger partial charge in [0.2, 0.25) is 11.9 Å². The van der Waals surface area contributed by atoms with Crippen molar-refractivity contribution in [1.29, 1.82) is 0 Å². The largest absolute Gasteiger partial charge is 0.369 e. The molecule has 132 valence electrons. The zero-order valence-electron chi connectivity index (χ0n) is 12.7. The minimum Gasteiger partial charge on any atom is -0.369 e. The lowest BCUT2D eigenvalue weighted by Crippen LogP contribution is -2.24. The number of rotatable bonds is 5. The Bertz CT molecular complexity index is 904. The molecule has 0 aliphatic carbocycles. The minimum atomic E-state index is -3.96. The van der Waals surface area contributed by atoms with Crippen LogP contribution in [-0.4, -0.2) is 20.3 Å². The van der Waals surface area contributed by atoms with Gasteiger partial charge in [-0.2, -0.15) is 8.42 Å². The van der Waals surface area contributed by atoms with E-state index in [1.807, 2.05) is 0 Å². The summed E-state index contributed by atoms with van der Waals surface area (Å²) in [5.41, 5.74) is 11.1. The molecule has 10 heteroatoms. The fraction of sp³-hybridized carbons (Fsp3) is 0.0667. The van der Waals surface area contributed by atoms with E-state index < -0.39 is 16.0 Å². The number of para-hydroxylation sites is 1. The molecule has 0 spiro atoms. The lowest BCUT2D eigenvalue weighted by atomic mass is 10.1. The number of benzene rings is 2. The predicted octanol–water partition coefficient (Wildman–Crippen LogP) is 2.14. The van der Waals surface area contributed by atoms with Crippen LogP contribution in [0.1, 0.15) is 5.56 Å². The lowest BCUT2D eigenvalue weighted by Gasteiger charge is -2.09. The Kier molecular flexibility index (Phi) is 5.89. The van der Waals surface area contributed by atoms with Crippen LogP contribution in [-0.2, 0) is 21.2 Å². The maximum atomic E-state index is 12.1. The summed E-state index contributed by atoms with van der Waals surface area (Å²) < 4.78 is 26.9. The summed E-state index contributed by atoms with van der Waals surface area (Å²) in [5, 5.41) is 3.26. The third kappa shape index (κ3) is 5.09. The lowest BCUT2D eigenvalue weighted by molar-refractivity contribution is -0.115. The van der Waals surface area contributed by atoms with Crippen molar-refractivity contribution >= 4 is 50.8 Å². The van der Waals surface area contributed by atoms with Crippen LogP contribution in [0.3, 0.4) is 0 Å². The van der Waals surface area contributed by atoms with Gasteiger partial charge in [0.1, 0.15) is 0 Å². The minimum absolute atomic E-state index is 0.00414. The van der Waals surface area contributed by atoms with Crippen molar-refractivity contribution < 1.29 is 13.2 Å². The molecule has 0 unspecified atom stereocenters. The van der Waals surface area contributed by atoms with E-state index in [1.165, 1.54) is 24.3 Å². The molecule has 0 bridgehead atoms. The third-order valence-corrected chi connectivity index (χ3v) is 4.99. The Morgan fingerprint density at radius 2 is 1.60 bits per heavy atom. The van der Waals surface area contributed by atoms with Gasteiger partial charge in [-0.05, 0) is 29.8 Å². The number of halogens is 2. The van der Waals surface area contributed by atoms with Crippen molar-refractivity contribution in [3.63, 3.8) is 0 Å². The predicted molar refractivity (Wildman–Crippen MR) is 98.2 cm³/mol. The van der Waals surface area contributed by atoms with Gasteiger partial charge in [-0.1, -0.05) is 41.4 Å². The number of sulfonamides is 1. The molecule has 0 aliphatic rings. The van der Waals surface area contributed by atoms with Crippen LogP contribution >= 0.6 is 23.2 Å². The summed E-state index contributed by atoms with van der Waals surface area (Å²) in [6.45, 7) is 0. The zero-order chi connectivity index (χ0) is 18.6. The van der Waals surface area contributed by atoms with E-state index in [1.54, 1.807) is 18.2 Å². The number of guanidine groups is 1. The molecule has 0 heterocycles. The van der Waals surface area contributed by atoms with E-state index >= 15 is 0 Å². The molecule has 0 aliphatic heterocycles. The third-order valence-electron chi connectivity index (χ3n) is 3.04. The molecule has 0 saturated carbocycles. The molecule has 5 N–H and O–H groups in total. The number of hydrogen-bond donors (Lipinski definition) is 3. The summed E-state index contributed by atoms with van der Waals surface area (Å²) in [4.78, 5) is 12.0. The number of nitrogens with one attached hydrogen (secondary N) is 1. The number of hydrogen-bond acceptors (Lipinski definition) is 3. The molecule has 2 aromatic carbocycles. The normalized spacial score (nSPS) is 11.0. The van der Waals surface area contributed by atoms with Crippen molar-refractivity contribution in [1.82, 2.24) is 0 Å². The first-order valence-electron chi connectivity index (χ1n) is 6.88. The maximum absolute atomic E-state index is 12.1. The fourth-order valence-corrected chi connectivity index (χ4v) is 3.31. The monoisotopic (exact) mass is 400 g/mol. The van der Waals surface area contributed by atoms with Crippen molar-refractivity contribution in [2.45, 2.75) is 11.3 Å². The second-order valence-corrected chi connectivity index (χ2v) is 7.38. The van der Waals surface area contributed by atoms with Crippen LogP contribution in [0.2, 0.25) is 10.0 Å². The zero-order valence-corrected chi connectivity index (χ0v) is 15.1. The van der Waals surface area contributed by atoms with Gasteiger partial charge in [0.15, 0.2) is 0 Å². The van der Waals surface area contributed by atoms with Gasteiger partial charge >= 0.3 is 0 Å². The Morgan fingerprint density at radius 3 is 2.12 bits per heavy atom. The number of carbonyl (C=O) groups excluding carboxylic acids is 1. The Morgan fingerprint density at radius 1 is 1.04 bits per heavy atom. The molecule has 25 heavy (non-hydrogen) atoms. The highest BCUT2D eigenvalue weighted by Crippen LogP contribution is 2.29. The molecule has 0 fully saturated rings. The molecular weight excluding hydrogens is 387 g/mol. The average molecular weight is 401 g/mol. The first-order valence-corrected chi connectivity index (χ1v) is 9.07. The highest BCUT2D eigenvalue weighted by atomic mass is 35.5. The van der Waals surface area contributed by atoms with Crippen molar-refractivity contribution in [3.8, 4) is 0 Å². The van der Waals surface area contributed by atoms with Gasteiger partial charge in [-0.25, -0.2) is 0 Å².